The van der Waals surface area contributed by atoms with Gasteiger partial charge in [0.25, 0.3) is 0 Å². The fourth-order valence-electron chi connectivity index (χ4n) is 1.48. The van der Waals surface area contributed by atoms with E-state index in [1.165, 1.54) is 6.92 Å². The molecule has 0 heterocycles. The fourth-order valence-corrected chi connectivity index (χ4v) is 1.48. The van der Waals surface area contributed by atoms with E-state index in [4.69, 9.17) is 4.74 Å². The zero-order valence-electron chi connectivity index (χ0n) is 11.7. The minimum absolute atomic E-state index is 0.0132. The van der Waals surface area contributed by atoms with Crippen LogP contribution >= 0.6 is 0 Å². The van der Waals surface area contributed by atoms with E-state index >= 15 is 0 Å². The van der Waals surface area contributed by atoms with E-state index in [0.29, 0.717) is 11.3 Å². The second-order valence-corrected chi connectivity index (χ2v) is 5.16. The van der Waals surface area contributed by atoms with Crippen LogP contribution in [0, 0.1) is 12.3 Å². The van der Waals surface area contributed by atoms with E-state index < -0.39 is 5.41 Å². The number of esters is 1. The quantitative estimate of drug-likeness (QED) is 0.465. The first-order valence-corrected chi connectivity index (χ1v) is 6.12. The molecule has 3 nitrogen and oxygen atoms in total. The van der Waals surface area contributed by atoms with Crippen LogP contribution in [0.15, 0.2) is 18.2 Å². The highest BCUT2D eigenvalue weighted by molar-refractivity contribution is 5.95. The van der Waals surface area contributed by atoms with Crippen LogP contribution in [0.25, 0.3) is 0 Å². The fraction of sp³-hybridized carbons (Fsp3) is 0.467. The van der Waals surface area contributed by atoms with Gasteiger partial charge >= 0.3 is 5.97 Å². The Kier molecular flexibility index (Phi) is 4.28. The van der Waals surface area contributed by atoms with Gasteiger partial charge in [-0.3, -0.25) is 9.59 Å². The van der Waals surface area contributed by atoms with Gasteiger partial charge in [-0.1, -0.05) is 6.92 Å². The minimum Gasteiger partial charge on any atom is -0.426 e. The molecule has 0 atom stereocenters. The second-order valence-electron chi connectivity index (χ2n) is 5.16. The molecule has 0 saturated carbocycles. The summed E-state index contributed by atoms with van der Waals surface area (Å²) in [4.78, 5) is 23.2. The van der Waals surface area contributed by atoms with E-state index in [1.54, 1.807) is 18.2 Å². The van der Waals surface area contributed by atoms with Crippen LogP contribution in [-0.2, 0) is 4.79 Å². The first kappa shape index (κ1) is 14.4. The van der Waals surface area contributed by atoms with Gasteiger partial charge in [-0.2, -0.15) is 0 Å². The molecule has 1 aromatic carbocycles. The number of Topliss-reactive ketones (excluding diaryl/α,β-unsaturated/α-hetero) is 1. The molecular weight excluding hydrogens is 228 g/mol. The zero-order valence-corrected chi connectivity index (χ0v) is 11.7. The number of carbonyl (C=O) groups excluding carboxylic acids is 2. The van der Waals surface area contributed by atoms with Crippen molar-refractivity contribution >= 4 is 11.8 Å². The van der Waals surface area contributed by atoms with Crippen molar-refractivity contribution < 1.29 is 14.3 Å². The predicted molar refractivity (Wildman–Crippen MR) is 70.9 cm³/mol. The summed E-state index contributed by atoms with van der Waals surface area (Å²) >= 11 is 0. The van der Waals surface area contributed by atoms with Crippen molar-refractivity contribution in [2.75, 3.05) is 0 Å². The van der Waals surface area contributed by atoms with Crippen LogP contribution in [-0.4, -0.2) is 11.8 Å². The number of ketones is 1. The minimum atomic E-state index is -0.493. The monoisotopic (exact) mass is 248 g/mol. The molecule has 0 radical (unpaired) electrons. The average molecular weight is 248 g/mol. The molecule has 0 fully saturated rings. The van der Waals surface area contributed by atoms with Crippen molar-refractivity contribution in [1.29, 1.82) is 0 Å². The molecular formula is C15H20O3. The molecule has 1 rings (SSSR count). The van der Waals surface area contributed by atoms with Crippen molar-refractivity contribution in [3.8, 4) is 5.75 Å². The summed E-state index contributed by atoms with van der Waals surface area (Å²) in [6, 6.07) is 5.08. The molecule has 0 aliphatic carbocycles. The lowest BCUT2D eigenvalue weighted by Crippen LogP contribution is -2.28. The van der Waals surface area contributed by atoms with Gasteiger partial charge in [0.2, 0.25) is 0 Å². The van der Waals surface area contributed by atoms with Crippen molar-refractivity contribution in [3.05, 3.63) is 29.3 Å². The van der Waals surface area contributed by atoms with Crippen molar-refractivity contribution in [1.82, 2.24) is 0 Å². The molecule has 98 valence electrons. The molecule has 0 aromatic heterocycles. The second kappa shape index (κ2) is 5.34. The lowest BCUT2D eigenvalue weighted by molar-refractivity contribution is -0.144. The van der Waals surface area contributed by atoms with E-state index in [1.807, 2.05) is 27.7 Å². The highest BCUT2D eigenvalue weighted by atomic mass is 16.5. The normalized spacial score (nSPS) is 11.2. The van der Waals surface area contributed by atoms with Gasteiger partial charge in [0.05, 0.1) is 5.41 Å². The van der Waals surface area contributed by atoms with Gasteiger partial charge in [-0.05, 0) is 57.9 Å². The van der Waals surface area contributed by atoms with Gasteiger partial charge in [0.1, 0.15) is 5.75 Å². The number of benzene rings is 1. The standard InChI is InChI=1S/C15H20O3/c1-6-15(4,5)14(17)18-12-7-8-13(11(3)16)10(2)9-12/h7-9H,6H2,1-5H3. The molecule has 0 N–H and O–H groups in total. The van der Waals surface area contributed by atoms with Crippen LogP contribution in [0.2, 0.25) is 0 Å². The Bertz CT molecular complexity index is 473. The summed E-state index contributed by atoms with van der Waals surface area (Å²) < 4.78 is 5.34. The number of hydrogen-bond donors (Lipinski definition) is 0. The third-order valence-electron chi connectivity index (χ3n) is 3.22. The van der Waals surface area contributed by atoms with Crippen LogP contribution in [0.5, 0.6) is 5.75 Å². The highest BCUT2D eigenvalue weighted by Crippen LogP contribution is 2.25. The topological polar surface area (TPSA) is 43.4 Å². The highest BCUT2D eigenvalue weighted by Gasteiger charge is 2.27. The summed E-state index contributed by atoms with van der Waals surface area (Å²) in [5, 5.41) is 0. The van der Waals surface area contributed by atoms with E-state index in [2.05, 4.69) is 0 Å². The van der Waals surface area contributed by atoms with E-state index in [0.717, 1.165) is 12.0 Å². The van der Waals surface area contributed by atoms with E-state index in [9.17, 15) is 9.59 Å². The van der Waals surface area contributed by atoms with Crippen LogP contribution in [0.1, 0.15) is 50.0 Å². The summed E-state index contributed by atoms with van der Waals surface area (Å²) in [6.45, 7) is 9.01. The third kappa shape index (κ3) is 3.19. The van der Waals surface area contributed by atoms with Crippen molar-refractivity contribution in [2.45, 2.75) is 41.0 Å². The Labute approximate surface area is 108 Å². The van der Waals surface area contributed by atoms with Crippen molar-refractivity contribution in [2.24, 2.45) is 5.41 Å². The maximum absolute atomic E-state index is 11.9. The SMILES string of the molecule is CCC(C)(C)C(=O)Oc1ccc(C(C)=O)c(C)c1. The molecule has 0 unspecified atom stereocenters. The van der Waals surface area contributed by atoms with Gasteiger partial charge in [0.15, 0.2) is 5.78 Å². The van der Waals surface area contributed by atoms with Gasteiger partial charge in [0, 0.05) is 5.56 Å². The lowest BCUT2D eigenvalue weighted by atomic mass is 9.91. The molecule has 18 heavy (non-hydrogen) atoms. The van der Waals surface area contributed by atoms with E-state index in [-0.39, 0.29) is 11.8 Å². The molecule has 1 aromatic rings. The first-order chi connectivity index (χ1) is 8.27. The Morgan fingerprint density at radius 3 is 2.33 bits per heavy atom. The molecule has 0 amide bonds. The summed E-state index contributed by atoms with van der Waals surface area (Å²) in [5.41, 5.74) is 0.985. The number of hydrogen-bond acceptors (Lipinski definition) is 3. The van der Waals surface area contributed by atoms with Gasteiger partial charge in [-0.25, -0.2) is 0 Å². The zero-order chi connectivity index (χ0) is 13.9. The average Bonchev–Trinajstić information content (AvgIpc) is 2.28. The lowest BCUT2D eigenvalue weighted by Gasteiger charge is -2.20. The van der Waals surface area contributed by atoms with Gasteiger partial charge in [-0.15, -0.1) is 0 Å². The number of carbonyl (C=O) groups is 2. The Hall–Kier alpha value is -1.64. The van der Waals surface area contributed by atoms with Crippen molar-refractivity contribution in [3.63, 3.8) is 0 Å². The summed E-state index contributed by atoms with van der Waals surface area (Å²) in [7, 11) is 0. The molecule has 0 aliphatic rings. The maximum atomic E-state index is 11.9. The molecule has 0 aliphatic heterocycles. The van der Waals surface area contributed by atoms with Gasteiger partial charge < -0.3 is 4.74 Å². The maximum Gasteiger partial charge on any atom is 0.316 e. The Morgan fingerprint density at radius 2 is 1.89 bits per heavy atom. The van der Waals surface area contributed by atoms with Crippen LogP contribution in [0.4, 0.5) is 0 Å². The molecule has 3 heteroatoms. The summed E-state index contributed by atoms with van der Waals surface area (Å²) in [5.74, 6) is 0.253. The first-order valence-electron chi connectivity index (χ1n) is 6.12. The van der Waals surface area contributed by atoms with Crippen LogP contribution < -0.4 is 4.74 Å². The molecule has 0 saturated heterocycles. The largest absolute Gasteiger partial charge is 0.426 e. The predicted octanol–water partition coefficient (Wildman–Crippen LogP) is 3.54. The number of ether oxygens (including phenoxy) is 1. The Morgan fingerprint density at radius 1 is 1.28 bits per heavy atom. The third-order valence-corrected chi connectivity index (χ3v) is 3.22. The summed E-state index contributed by atoms with van der Waals surface area (Å²) in [6.07, 6.45) is 0.719. The molecule has 0 spiro atoms. The number of rotatable bonds is 4. The van der Waals surface area contributed by atoms with Crippen LogP contribution in [0.3, 0.4) is 0 Å². The smallest absolute Gasteiger partial charge is 0.316 e. The Balaban J connectivity index is 2.91. The molecule has 0 bridgehead atoms. The number of aryl methyl sites for hydroxylation is 1.